The number of phenols is 2. The van der Waals surface area contributed by atoms with E-state index in [9.17, 15) is 45.3 Å². The highest BCUT2D eigenvalue weighted by molar-refractivity contribution is 5.93. The fourth-order valence-corrected chi connectivity index (χ4v) is 10.5. The summed E-state index contributed by atoms with van der Waals surface area (Å²) in [5, 5.41) is 80.8. The number of aromatic amines is 1. The highest BCUT2D eigenvalue weighted by atomic mass is 17.2. The zero-order chi connectivity index (χ0) is 45.1. The molecule has 0 bridgehead atoms. The molecule has 3 aliphatic rings. The number of nitrogens with zero attached hydrogens (tertiary/aromatic N) is 1. The number of aliphatic hydroxyl groups excluding tert-OH is 4. The average molecular weight is 882 g/mol. The Morgan fingerprint density at radius 3 is 2.55 bits per heavy atom. The number of aliphatic hydroxyl groups is 5. The van der Waals surface area contributed by atoms with E-state index in [4.69, 9.17) is 18.9 Å². The molecule has 1 saturated heterocycles. The minimum Gasteiger partial charge on any atom is -0.508 e. The monoisotopic (exact) mass is 881 g/mol. The number of hydrogen-bond donors (Lipinski definition) is 9. The summed E-state index contributed by atoms with van der Waals surface area (Å²) >= 11 is 0. The van der Waals surface area contributed by atoms with Gasteiger partial charge in [0.15, 0.2) is 16.8 Å². The molecule has 1 saturated carbocycles. The summed E-state index contributed by atoms with van der Waals surface area (Å²) in [5.74, 6) is 0.763. The van der Waals surface area contributed by atoms with Gasteiger partial charge in [-0.15, -0.1) is 0 Å². The van der Waals surface area contributed by atoms with Gasteiger partial charge in [-0.1, -0.05) is 25.3 Å². The number of aromatic hydroxyl groups is 2. The van der Waals surface area contributed by atoms with Crippen LogP contribution in [0.4, 0.5) is 0 Å². The molecule has 3 aromatic heterocycles. The number of aromatic nitrogens is 2. The van der Waals surface area contributed by atoms with Gasteiger partial charge in [-0.2, -0.15) is 0 Å². The number of carbonyl (C=O) groups excluding carboxylic acids is 1. The van der Waals surface area contributed by atoms with E-state index >= 15 is 0 Å². The molecule has 2 fully saturated rings. The van der Waals surface area contributed by atoms with Crippen LogP contribution in [-0.4, -0.2) is 107 Å². The summed E-state index contributed by atoms with van der Waals surface area (Å²) in [6, 6.07) is 12.2. The van der Waals surface area contributed by atoms with Gasteiger partial charge in [0.05, 0.1) is 22.9 Å². The standard InChI is InChI=1S/C48H55N3O13/c1-26-16-37(55)34-17-29-18-39(64-61-25-48(60,44(58)41(57)38(56)24-52)20-27-6-9-36(54)32-8-7-31(53)19-33(27)32)46(2,14-10-30-21-50-45(59)47(30)12-4-3-5-13-47)63-42(29)40(43(34)62-26)51-22-28-11-15-49-35(28)23-51/h6-9,11,15-17,19,22-23,30,38-39,41,44,49,52-54,56-58,60H,3-5,10,12-14,18,20-21,24-25H2,1-2H3,(H,50,59)/t30-,38-,39-,41-,44+,46-,48+/m1/s1. The second-order valence-corrected chi connectivity index (χ2v) is 18.4. The Morgan fingerprint density at radius 1 is 0.984 bits per heavy atom. The van der Waals surface area contributed by atoms with Gasteiger partial charge in [0.25, 0.3) is 0 Å². The normalized spacial score (nSPS) is 23.2. The van der Waals surface area contributed by atoms with E-state index in [1.54, 1.807) is 13.0 Å². The van der Waals surface area contributed by atoms with E-state index in [0.717, 1.165) is 43.0 Å². The lowest BCUT2D eigenvalue weighted by molar-refractivity contribution is -0.371. The van der Waals surface area contributed by atoms with Crippen LogP contribution < -0.4 is 15.5 Å². The number of hydrogen-bond acceptors (Lipinski definition) is 13. The van der Waals surface area contributed by atoms with Crippen molar-refractivity contribution in [2.45, 2.75) is 107 Å². The van der Waals surface area contributed by atoms with Crippen LogP contribution in [0, 0.1) is 18.3 Å². The summed E-state index contributed by atoms with van der Waals surface area (Å²) in [5.41, 5.74) is -1.66. The third kappa shape index (κ3) is 7.70. The molecular weight excluding hydrogens is 827 g/mol. The Morgan fingerprint density at radius 2 is 1.78 bits per heavy atom. The van der Waals surface area contributed by atoms with Crippen molar-refractivity contribution in [2.24, 2.45) is 11.3 Å². The number of phenolic OH excluding ortho intramolecular Hbond substituents is 2. The molecule has 6 aromatic rings. The van der Waals surface area contributed by atoms with Gasteiger partial charge in [0.1, 0.15) is 65.2 Å². The first-order chi connectivity index (χ1) is 30.6. The highest BCUT2D eigenvalue weighted by Gasteiger charge is 2.52. The second kappa shape index (κ2) is 16.8. The number of rotatable bonds is 14. The fraction of sp³-hybridized carbons (Fsp3) is 0.458. The third-order valence-electron chi connectivity index (χ3n) is 14.2. The first-order valence-electron chi connectivity index (χ1n) is 22.0. The lowest BCUT2D eigenvalue weighted by atomic mass is 9.65. The Labute approximate surface area is 367 Å². The van der Waals surface area contributed by atoms with E-state index < -0.39 is 60.7 Å². The molecule has 3 aromatic carbocycles. The predicted octanol–water partition coefficient (Wildman–Crippen LogP) is 4.47. The summed E-state index contributed by atoms with van der Waals surface area (Å²) < 4.78 is 15.3. The van der Waals surface area contributed by atoms with Crippen LogP contribution in [0.15, 0.2) is 76.3 Å². The molecular formula is C48H55N3O13. The van der Waals surface area contributed by atoms with Gasteiger partial charge in [0.2, 0.25) is 5.91 Å². The molecule has 1 spiro atoms. The molecule has 0 unspecified atom stereocenters. The first-order valence-corrected chi connectivity index (χ1v) is 22.0. The second-order valence-electron chi connectivity index (χ2n) is 18.4. The quantitative estimate of drug-likeness (QED) is 0.0542. The smallest absolute Gasteiger partial charge is 0.226 e. The lowest BCUT2D eigenvalue weighted by Gasteiger charge is -2.44. The predicted molar refractivity (Wildman–Crippen MR) is 234 cm³/mol. The van der Waals surface area contributed by atoms with Crippen molar-refractivity contribution in [3.63, 3.8) is 0 Å². The van der Waals surface area contributed by atoms with Gasteiger partial charge >= 0.3 is 0 Å². The molecule has 1 amide bonds. The largest absolute Gasteiger partial charge is 0.508 e. The Bertz CT molecular complexity index is 2740. The molecule has 2 aliphatic heterocycles. The number of fused-ring (bicyclic) bond motifs is 4. The number of aryl methyl sites for hydroxylation is 1. The molecule has 16 nitrogen and oxygen atoms in total. The van der Waals surface area contributed by atoms with Crippen molar-refractivity contribution in [2.75, 3.05) is 19.8 Å². The Kier molecular flexibility index (Phi) is 11.5. The minimum absolute atomic E-state index is 0.0185. The van der Waals surface area contributed by atoms with Crippen molar-refractivity contribution in [1.29, 1.82) is 0 Å². The SMILES string of the molecule is Cc1cc(=O)c2cc3c(c(-n4cc5cc[nH]c5c4)c2o1)O[C@](C)(CC[C@@H]1CNC(=O)C12CCCCC2)[C@H](OOC[C@@](O)(Cc1ccc(O)c2ccc(O)cc12)[C@@H](O)[C@H](O)[C@H](O)CO)C3. The van der Waals surface area contributed by atoms with E-state index in [0.29, 0.717) is 69.5 Å². The number of H-pyrrole nitrogens is 1. The molecule has 7 atom stereocenters. The summed E-state index contributed by atoms with van der Waals surface area (Å²) in [6.45, 7) is 2.43. The zero-order valence-corrected chi connectivity index (χ0v) is 35.8. The minimum atomic E-state index is -2.41. The van der Waals surface area contributed by atoms with Crippen LogP contribution in [0.2, 0.25) is 0 Å². The maximum atomic E-state index is 13.6. The highest BCUT2D eigenvalue weighted by Crippen LogP contribution is 2.50. The molecule has 9 rings (SSSR count). The first kappa shape index (κ1) is 43.8. The Balaban J connectivity index is 1.09. The van der Waals surface area contributed by atoms with Crippen LogP contribution in [0.1, 0.15) is 68.8 Å². The van der Waals surface area contributed by atoms with Crippen LogP contribution in [0.5, 0.6) is 17.2 Å². The van der Waals surface area contributed by atoms with Crippen LogP contribution in [0.3, 0.4) is 0 Å². The van der Waals surface area contributed by atoms with Crippen molar-refractivity contribution < 1.29 is 59.5 Å². The molecule has 9 N–H and O–H groups in total. The number of amides is 1. The zero-order valence-electron chi connectivity index (χ0n) is 35.8. The van der Waals surface area contributed by atoms with Crippen molar-refractivity contribution in [1.82, 2.24) is 14.9 Å². The number of ether oxygens (including phenoxy) is 1. The van der Waals surface area contributed by atoms with E-state index in [-0.39, 0.29) is 35.2 Å². The van der Waals surface area contributed by atoms with Crippen molar-refractivity contribution in [3.05, 3.63) is 94.2 Å². The Hall–Kier alpha value is -5.46. The molecule has 5 heterocycles. The fourth-order valence-electron chi connectivity index (χ4n) is 10.5. The molecule has 16 heteroatoms. The molecule has 64 heavy (non-hydrogen) atoms. The number of nitrogens with one attached hydrogen (secondary N) is 2. The van der Waals surface area contributed by atoms with Gasteiger partial charge in [-0.05, 0) is 92.8 Å². The van der Waals surface area contributed by atoms with Crippen LogP contribution in [0.25, 0.3) is 38.3 Å². The van der Waals surface area contributed by atoms with E-state index in [1.165, 1.54) is 36.4 Å². The van der Waals surface area contributed by atoms with Gasteiger partial charge in [-0.25, -0.2) is 9.78 Å². The van der Waals surface area contributed by atoms with E-state index in [1.807, 2.05) is 36.1 Å². The summed E-state index contributed by atoms with van der Waals surface area (Å²) in [7, 11) is 0. The van der Waals surface area contributed by atoms with Gasteiger partial charge in [0, 0.05) is 60.4 Å². The van der Waals surface area contributed by atoms with Crippen molar-refractivity contribution >= 4 is 38.6 Å². The molecule has 1 aliphatic carbocycles. The maximum absolute atomic E-state index is 13.6. The maximum Gasteiger partial charge on any atom is 0.226 e. The molecule has 0 radical (unpaired) electrons. The number of benzene rings is 3. The lowest BCUT2D eigenvalue weighted by Crippen LogP contribution is -2.58. The molecule has 340 valence electrons. The average Bonchev–Trinajstić information content (AvgIpc) is 3.97. The van der Waals surface area contributed by atoms with Crippen molar-refractivity contribution in [3.8, 4) is 22.9 Å². The number of carbonyl (C=O) groups is 1. The van der Waals surface area contributed by atoms with Crippen LogP contribution >= 0.6 is 0 Å². The van der Waals surface area contributed by atoms with Gasteiger partial charge in [-0.3, -0.25) is 9.59 Å². The third-order valence-corrected chi connectivity index (χ3v) is 14.2. The van der Waals surface area contributed by atoms with Crippen LogP contribution in [-0.2, 0) is 27.4 Å². The summed E-state index contributed by atoms with van der Waals surface area (Å²) in [4.78, 5) is 42.5. The topological polar surface area (TPSA) is 249 Å². The summed E-state index contributed by atoms with van der Waals surface area (Å²) in [6.07, 6.45) is 4.05. The van der Waals surface area contributed by atoms with E-state index in [2.05, 4.69) is 10.3 Å². The van der Waals surface area contributed by atoms with Gasteiger partial charge < -0.3 is 59.8 Å².